The molecule has 0 fully saturated rings. The molecule has 0 aliphatic heterocycles. The fraction of sp³-hybridized carbons (Fsp3) is 0.667. The lowest BCUT2D eigenvalue weighted by molar-refractivity contribution is -0.145. The van der Waals surface area contributed by atoms with E-state index in [9.17, 15) is 14.4 Å². The predicted octanol–water partition coefficient (Wildman–Crippen LogP) is -0.478. The van der Waals surface area contributed by atoms with E-state index in [1.54, 1.807) is 6.92 Å². The van der Waals surface area contributed by atoms with Gasteiger partial charge >= 0.3 is 18.0 Å². The van der Waals surface area contributed by atoms with Gasteiger partial charge < -0.3 is 20.1 Å². The Morgan fingerprint density at radius 3 is 2.44 bits per heavy atom. The molecule has 0 aromatic rings. The Labute approximate surface area is 93.4 Å². The van der Waals surface area contributed by atoms with E-state index in [-0.39, 0.29) is 6.54 Å². The zero-order valence-electron chi connectivity index (χ0n) is 9.52. The normalized spacial score (nSPS) is 11.4. The van der Waals surface area contributed by atoms with Gasteiger partial charge in [-0.15, -0.1) is 0 Å². The van der Waals surface area contributed by atoms with E-state index in [0.717, 1.165) is 0 Å². The zero-order chi connectivity index (χ0) is 12.7. The average Bonchev–Trinajstić information content (AvgIpc) is 2.24. The van der Waals surface area contributed by atoms with Crippen molar-refractivity contribution in [1.82, 2.24) is 10.2 Å². The predicted molar refractivity (Wildman–Crippen MR) is 54.8 cm³/mol. The maximum absolute atomic E-state index is 11.3. The Morgan fingerprint density at radius 1 is 1.44 bits per heavy atom. The molecule has 0 aromatic carbocycles. The van der Waals surface area contributed by atoms with Gasteiger partial charge in [0.2, 0.25) is 0 Å². The maximum atomic E-state index is 11.3. The second kappa shape index (κ2) is 6.65. The molecule has 0 heterocycles. The number of nitrogens with zero attached hydrogens (tertiary/aromatic N) is 1. The number of aliphatic carboxylic acids is 1. The van der Waals surface area contributed by atoms with Crippen molar-refractivity contribution in [2.45, 2.75) is 6.92 Å². The van der Waals surface area contributed by atoms with Crippen LogP contribution < -0.4 is 5.32 Å². The van der Waals surface area contributed by atoms with Crippen LogP contribution in [-0.2, 0) is 14.3 Å². The SMILES string of the molecule is COC(=O)C(C)CN(C)C(=O)NCC(=O)O. The van der Waals surface area contributed by atoms with Crippen LogP contribution >= 0.6 is 0 Å². The van der Waals surface area contributed by atoms with Crippen LogP contribution in [0.3, 0.4) is 0 Å². The third-order valence-corrected chi connectivity index (χ3v) is 1.89. The maximum Gasteiger partial charge on any atom is 0.323 e. The number of carbonyl (C=O) groups excluding carboxylic acids is 2. The summed E-state index contributed by atoms with van der Waals surface area (Å²) >= 11 is 0. The first-order chi connectivity index (χ1) is 7.38. The highest BCUT2D eigenvalue weighted by Crippen LogP contribution is 2.00. The molecule has 0 saturated carbocycles. The number of carboxylic acid groups (broad SMARTS) is 1. The lowest BCUT2D eigenvalue weighted by atomic mass is 10.2. The van der Waals surface area contributed by atoms with Crippen molar-refractivity contribution in [3.05, 3.63) is 0 Å². The molecule has 2 amide bonds. The van der Waals surface area contributed by atoms with Gasteiger partial charge in [-0.1, -0.05) is 6.92 Å². The summed E-state index contributed by atoms with van der Waals surface area (Å²) in [5.41, 5.74) is 0. The number of amides is 2. The third kappa shape index (κ3) is 5.18. The molecule has 0 bridgehead atoms. The largest absolute Gasteiger partial charge is 0.480 e. The Kier molecular flexibility index (Phi) is 5.91. The Morgan fingerprint density at radius 2 is 2.00 bits per heavy atom. The molecule has 16 heavy (non-hydrogen) atoms. The van der Waals surface area contributed by atoms with Gasteiger partial charge in [-0.05, 0) is 0 Å². The summed E-state index contributed by atoms with van der Waals surface area (Å²) in [5.74, 6) is -1.99. The van der Waals surface area contributed by atoms with E-state index in [2.05, 4.69) is 10.1 Å². The monoisotopic (exact) mass is 232 g/mol. The van der Waals surface area contributed by atoms with Gasteiger partial charge in [-0.3, -0.25) is 9.59 Å². The zero-order valence-corrected chi connectivity index (χ0v) is 9.52. The number of carboxylic acids is 1. The molecule has 1 unspecified atom stereocenters. The van der Waals surface area contributed by atoms with Gasteiger partial charge in [0, 0.05) is 13.6 Å². The van der Waals surface area contributed by atoms with Crippen LogP contribution in [0.25, 0.3) is 0 Å². The second-order valence-electron chi connectivity index (χ2n) is 3.36. The van der Waals surface area contributed by atoms with Crippen molar-refractivity contribution in [2.24, 2.45) is 5.92 Å². The molecule has 0 spiro atoms. The Balaban J connectivity index is 4.04. The number of hydrogen-bond donors (Lipinski definition) is 2. The van der Waals surface area contributed by atoms with Gasteiger partial charge in [0.1, 0.15) is 6.54 Å². The summed E-state index contributed by atoms with van der Waals surface area (Å²) in [5, 5.41) is 10.5. The highest BCUT2D eigenvalue weighted by atomic mass is 16.5. The molecule has 0 rings (SSSR count). The molecule has 2 N–H and O–H groups in total. The van der Waals surface area contributed by atoms with Gasteiger partial charge in [0.05, 0.1) is 13.0 Å². The van der Waals surface area contributed by atoms with Crippen molar-refractivity contribution >= 4 is 18.0 Å². The molecular formula is C9H16N2O5. The smallest absolute Gasteiger partial charge is 0.323 e. The summed E-state index contributed by atoms with van der Waals surface area (Å²) in [6.45, 7) is 1.33. The van der Waals surface area contributed by atoms with Crippen LogP contribution in [0.15, 0.2) is 0 Å². The van der Waals surface area contributed by atoms with Gasteiger partial charge in [0.15, 0.2) is 0 Å². The average molecular weight is 232 g/mol. The lowest BCUT2D eigenvalue weighted by Crippen LogP contribution is -2.42. The topological polar surface area (TPSA) is 95.9 Å². The van der Waals surface area contributed by atoms with E-state index >= 15 is 0 Å². The van der Waals surface area contributed by atoms with Gasteiger partial charge in [-0.25, -0.2) is 4.79 Å². The van der Waals surface area contributed by atoms with Crippen LogP contribution in [0.2, 0.25) is 0 Å². The van der Waals surface area contributed by atoms with Crippen LogP contribution in [0.5, 0.6) is 0 Å². The molecule has 0 aliphatic carbocycles. The van der Waals surface area contributed by atoms with Crippen LogP contribution in [0.4, 0.5) is 4.79 Å². The van der Waals surface area contributed by atoms with Gasteiger partial charge in [0.25, 0.3) is 0 Å². The molecular weight excluding hydrogens is 216 g/mol. The van der Waals surface area contributed by atoms with E-state index in [1.165, 1.54) is 19.1 Å². The van der Waals surface area contributed by atoms with Crippen LogP contribution in [0.1, 0.15) is 6.92 Å². The van der Waals surface area contributed by atoms with Crippen LogP contribution in [-0.4, -0.2) is 55.2 Å². The number of rotatable bonds is 5. The minimum atomic E-state index is -1.12. The Hall–Kier alpha value is -1.79. The summed E-state index contributed by atoms with van der Waals surface area (Å²) in [6.07, 6.45) is 0. The van der Waals surface area contributed by atoms with Crippen molar-refractivity contribution in [2.75, 3.05) is 27.2 Å². The quantitative estimate of drug-likeness (QED) is 0.624. The highest BCUT2D eigenvalue weighted by molar-refractivity contribution is 5.80. The first-order valence-corrected chi connectivity index (χ1v) is 4.67. The highest BCUT2D eigenvalue weighted by Gasteiger charge is 2.18. The fourth-order valence-corrected chi connectivity index (χ4v) is 1.06. The molecule has 1 atom stereocenters. The molecule has 0 aliphatic rings. The molecule has 7 heteroatoms. The number of methoxy groups -OCH3 is 1. The van der Waals surface area contributed by atoms with E-state index in [4.69, 9.17) is 5.11 Å². The summed E-state index contributed by atoms with van der Waals surface area (Å²) in [4.78, 5) is 33.8. The van der Waals surface area contributed by atoms with Crippen molar-refractivity contribution in [3.8, 4) is 0 Å². The molecule has 0 saturated heterocycles. The number of esters is 1. The van der Waals surface area contributed by atoms with Crippen molar-refractivity contribution < 1.29 is 24.2 Å². The second-order valence-corrected chi connectivity index (χ2v) is 3.36. The van der Waals surface area contributed by atoms with Crippen molar-refractivity contribution in [3.63, 3.8) is 0 Å². The van der Waals surface area contributed by atoms with Crippen molar-refractivity contribution in [1.29, 1.82) is 0 Å². The lowest BCUT2D eigenvalue weighted by Gasteiger charge is -2.20. The number of nitrogens with one attached hydrogen (secondary N) is 1. The fourth-order valence-electron chi connectivity index (χ4n) is 1.06. The van der Waals surface area contributed by atoms with Gasteiger partial charge in [-0.2, -0.15) is 0 Å². The molecule has 0 radical (unpaired) electrons. The third-order valence-electron chi connectivity index (χ3n) is 1.89. The van der Waals surface area contributed by atoms with E-state index in [1.807, 2.05) is 0 Å². The number of carbonyl (C=O) groups is 3. The standard InChI is InChI=1S/C9H16N2O5/c1-6(8(14)16-3)5-11(2)9(15)10-4-7(12)13/h6H,4-5H2,1-3H3,(H,10,15)(H,12,13). The van der Waals surface area contributed by atoms with E-state index < -0.39 is 30.4 Å². The summed E-state index contributed by atoms with van der Waals surface area (Å²) < 4.78 is 4.50. The minimum absolute atomic E-state index is 0.165. The summed E-state index contributed by atoms with van der Waals surface area (Å²) in [6, 6.07) is -0.543. The molecule has 0 aromatic heterocycles. The summed E-state index contributed by atoms with van der Waals surface area (Å²) in [7, 11) is 2.74. The molecule has 92 valence electrons. The molecule has 7 nitrogen and oxygen atoms in total. The Bertz CT molecular complexity index is 279. The van der Waals surface area contributed by atoms with E-state index in [0.29, 0.717) is 0 Å². The number of ether oxygens (including phenoxy) is 1. The number of urea groups is 1. The minimum Gasteiger partial charge on any atom is -0.480 e. The number of hydrogen-bond acceptors (Lipinski definition) is 4. The van der Waals surface area contributed by atoms with Crippen LogP contribution in [0, 0.1) is 5.92 Å². The first-order valence-electron chi connectivity index (χ1n) is 4.67. The first kappa shape index (κ1) is 14.2.